The average molecular weight is 290 g/mol. The highest BCUT2D eigenvalue weighted by Crippen LogP contribution is 2.37. The average Bonchev–Trinajstić information content (AvgIpc) is 2.27. The van der Waals surface area contributed by atoms with Gasteiger partial charge in [-0.1, -0.05) is 0 Å². The molecule has 0 bridgehead atoms. The second kappa shape index (κ2) is 5.60. The van der Waals surface area contributed by atoms with Gasteiger partial charge in [0.15, 0.2) is 11.5 Å². The highest BCUT2D eigenvalue weighted by atomic mass is 79.9. The number of ether oxygens (including phenoxy) is 3. The summed E-state index contributed by atoms with van der Waals surface area (Å²) in [5.74, 6) is 1.54. The molecule has 1 aromatic rings. The molecular weight excluding hydrogens is 278 g/mol. The first-order chi connectivity index (χ1) is 7.62. The minimum absolute atomic E-state index is 0.363. The molecule has 16 heavy (non-hydrogen) atoms. The summed E-state index contributed by atoms with van der Waals surface area (Å²) >= 11 is 2.78. The molecule has 0 heterocycles. The van der Waals surface area contributed by atoms with Crippen molar-refractivity contribution in [2.24, 2.45) is 0 Å². The molecule has 0 aromatic heterocycles. The molecular formula is C10H12BrNO4. The third-order valence-electron chi connectivity index (χ3n) is 1.94. The van der Waals surface area contributed by atoms with Gasteiger partial charge in [0.2, 0.25) is 0 Å². The summed E-state index contributed by atoms with van der Waals surface area (Å²) in [6.45, 7) is 0. The minimum atomic E-state index is -0.363. The third-order valence-corrected chi connectivity index (χ3v) is 2.14. The first-order valence-electron chi connectivity index (χ1n) is 4.38. The van der Waals surface area contributed by atoms with Gasteiger partial charge < -0.3 is 19.5 Å². The second-order valence-electron chi connectivity index (χ2n) is 2.81. The van der Waals surface area contributed by atoms with Crippen LogP contribution in [0.3, 0.4) is 0 Å². The van der Waals surface area contributed by atoms with Gasteiger partial charge in [-0.15, -0.1) is 0 Å². The number of nitrogens with one attached hydrogen (secondary N) is 1. The monoisotopic (exact) mass is 289 g/mol. The molecule has 0 atom stereocenters. The van der Waals surface area contributed by atoms with E-state index >= 15 is 0 Å². The second-order valence-corrected chi connectivity index (χ2v) is 3.53. The van der Waals surface area contributed by atoms with Crippen LogP contribution in [0.4, 0.5) is 10.5 Å². The lowest BCUT2D eigenvalue weighted by Gasteiger charge is -2.13. The van der Waals surface area contributed by atoms with Crippen LogP contribution in [-0.2, 0) is 0 Å². The van der Waals surface area contributed by atoms with Crippen LogP contribution in [0.15, 0.2) is 12.1 Å². The molecule has 1 aromatic carbocycles. The minimum Gasteiger partial charge on any atom is -0.494 e. The number of amides is 1. The van der Waals surface area contributed by atoms with Crippen LogP contribution < -0.4 is 19.5 Å². The molecule has 0 saturated heterocycles. The number of anilines is 1. The van der Waals surface area contributed by atoms with Gasteiger partial charge >= 0.3 is 0 Å². The van der Waals surface area contributed by atoms with Gasteiger partial charge in [0.05, 0.1) is 27.0 Å². The number of benzene rings is 1. The van der Waals surface area contributed by atoms with Gasteiger partial charge in [-0.3, -0.25) is 4.79 Å². The zero-order valence-corrected chi connectivity index (χ0v) is 10.8. The number of hydrogen-bond acceptors (Lipinski definition) is 4. The van der Waals surface area contributed by atoms with E-state index in [0.717, 1.165) is 0 Å². The van der Waals surface area contributed by atoms with E-state index in [0.29, 0.717) is 22.9 Å². The molecule has 0 unspecified atom stereocenters. The first-order valence-corrected chi connectivity index (χ1v) is 5.18. The number of hydrogen-bond donors (Lipinski definition) is 1. The molecule has 5 nitrogen and oxygen atoms in total. The predicted octanol–water partition coefficient (Wildman–Crippen LogP) is 2.64. The molecule has 0 fully saturated rings. The molecule has 6 heteroatoms. The fourth-order valence-corrected chi connectivity index (χ4v) is 1.45. The van der Waals surface area contributed by atoms with E-state index in [9.17, 15) is 4.79 Å². The van der Waals surface area contributed by atoms with E-state index in [1.165, 1.54) is 21.3 Å². The summed E-state index contributed by atoms with van der Waals surface area (Å²) in [6.07, 6.45) is 0. The Kier molecular flexibility index (Phi) is 4.42. The summed E-state index contributed by atoms with van der Waals surface area (Å²) in [5, 5.41) is 2.57. The van der Waals surface area contributed by atoms with Crippen LogP contribution in [0.1, 0.15) is 0 Å². The van der Waals surface area contributed by atoms with Crippen LogP contribution in [0, 0.1) is 0 Å². The van der Waals surface area contributed by atoms with E-state index < -0.39 is 0 Å². The van der Waals surface area contributed by atoms with Gasteiger partial charge in [0.25, 0.3) is 4.82 Å². The molecule has 0 radical (unpaired) electrons. The Labute approximate surface area is 102 Å². The predicted molar refractivity (Wildman–Crippen MR) is 64.0 cm³/mol. The quantitative estimate of drug-likeness (QED) is 0.684. The van der Waals surface area contributed by atoms with Crippen LogP contribution in [-0.4, -0.2) is 26.1 Å². The largest absolute Gasteiger partial charge is 0.494 e. The normalized spacial score (nSPS) is 9.50. The first kappa shape index (κ1) is 12.6. The van der Waals surface area contributed by atoms with Crippen molar-refractivity contribution in [1.29, 1.82) is 0 Å². The van der Waals surface area contributed by atoms with Crippen molar-refractivity contribution >= 4 is 26.4 Å². The van der Waals surface area contributed by atoms with E-state index in [1.807, 2.05) is 0 Å². The molecule has 0 aliphatic heterocycles. The zero-order chi connectivity index (χ0) is 12.1. The Morgan fingerprint density at radius 2 is 1.56 bits per heavy atom. The topological polar surface area (TPSA) is 56.8 Å². The molecule has 1 N–H and O–H groups in total. The number of rotatable bonds is 4. The fraction of sp³-hybridized carbons (Fsp3) is 0.300. The summed E-state index contributed by atoms with van der Waals surface area (Å²) in [7, 11) is 4.55. The maximum atomic E-state index is 10.9. The Morgan fingerprint density at radius 1 is 1.06 bits per heavy atom. The summed E-state index contributed by atoms with van der Waals surface area (Å²) in [4.78, 5) is 10.6. The van der Waals surface area contributed by atoms with Crippen LogP contribution in [0.2, 0.25) is 0 Å². The Balaban J connectivity index is 3.20. The molecule has 1 amide bonds. The number of halogens is 1. The van der Waals surface area contributed by atoms with Crippen LogP contribution in [0.5, 0.6) is 17.2 Å². The Hall–Kier alpha value is -1.43. The van der Waals surface area contributed by atoms with Crippen molar-refractivity contribution < 1.29 is 19.0 Å². The number of carbonyl (C=O) groups excluding carboxylic acids is 1. The summed E-state index contributed by atoms with van der Waals surface area (Å²) in [5.41, 5.74) is 0.502. The van der Waals surface area contributed by atoms with Crippen molar-refractivity contribution in [1.82, 2.24) is 0 Å². The van der Waals surface area contributed by atoms with E-state index in [2.05, 4.69) is 21.2 Å². The zero-order valence-electron chi connectivity index (χ0n) is 9.17. The van der Waals surface area contributed by atoms with Crippen molar-refractivity contribution in [3.63, 3.8) is 0 Å². The van der Waals surface area contributed by atoms with Gasteiger partial charge in [-0.2, -0.15) is 0 Å². The van der Waals surface area contributed by atoms with E-state index in [1.54, 1.807) is 12.1 Å². The van der Waals surface area contributed by atoms with Gasteiger partial charge in [0.1, 0.15) is 5.75 Å². The summed E-state index contributed by atoms with van der Waals surface area (Å²) < 4.78 is 15.3. The van der Waals surface area contributed by atoms with Crippen molar-refractivity contribution in [2.75, 3.05) is 26.6 Å². The maximum Gasteiger partial charge on any atom is 0.291 e. The van der Waals surface area contributed by atoms with Gasteiger partial charge in [-0.05, 0) is 0 Å². The smallest absolute Gasteiger partial charge is 0.291 e. The molecule has 0 spiro atoms. The molecule has 0 aliphatic rings. The molecule has 1 rings (SSSR count). The molecule has 0 aliphatic carbocycles. The third kappa shape index (κ3) is 2.79. The lowest BCUT2D eigenvalue weighted by atomic mass is 10.2. The van der Waals surface area contributed by atoms with Crippen LogP contribution >= 0.6 is 15.9 Å². The highest BCUT2D eigenvalue weighted by Gasteiger charge is 2.12. The maximum absolute atomic E-state index is 10.9. The Bertz CT molecular complexity index is 395. The van der Waals surface area contributed by atoms with Crippen LogP contribution in [0.25, 0.3) is 0 Å². The number of methoxy groups -OCH3 is 3. The molecule has 88 valence electrons. The highest BCUT2D eigenvalue weighted by molar-refractivity contribution is 9.18. The standard InChI is InChI=1S/C10H12BrNO4/c1-14-7-5-9(16-3)8(15-2)4-6(7)12-10(11)13/h4-5H,1-3H3,(H,12,13). The van der Waals surface area contributed by atoms with Crippen molar-refractivity contribution in [3.05, 3.63) is 12.1 Å². The Morgan fingerprint density at radius 3 is 2.00 bits per heavy atom. The van der Waals surface area contributed by atoms with E-state index in [-0.39, 0.29) is 4.82 Å². The fourth-order valence-electron chi connectivity index (χ4n) is 1.23. The van der Waals surface area contributed by atoms with Gasteiger partial charge in [0, 0.05) is 28.1 Å². The van der Waals surface area contributed by atoms with Crippen molar-refractivity contribution in [3.8, 4) is 17.2 Å². The summed E-state index contributed by atoms with van der Waals surface area (Å²) in [6, 6.07) is 3.26. The number of carbonyl (C=O) groups is 1. The van der Waals surface area contributed by atoms with Crippen molar-refractivity contribution in [2.45, 2.75) is 0 Å². The van der Waals surface area contributed by atoms with E-state index in [4.69, 9.17) is 14.2 Å². The van der Waals surface area contributed by atoms with Gasteiger partial charge in [-0.25, -0.2) is 0 Å². The molecule has 0 saturated carbocycles. The SMILES string of the molecule is COc1cc(OC)c(OC)cc1NC(=O)Br. The lowest BCUT2D eigenvalue weighted by molar-refractivity contribution is 0.270. The lowest BCUT2D eigenvalue weighted by Crippen LogP contribution is -2.03.